The summed E-state index contributed by atoms with van der Waals surface area (Å²) >= 11 is -0.392. The molecule has 3 nitrogen and oxygen atoms in total. The second-order valence-corrected chi connectivity index (χ2v) is 4.94. The Morgan fingerprint density at radius 1 is 1.06 bits per heavy atom. The molecule has 4 heteroatoms. The number of hydrogen-bond donors (Lipinski definition) is 0. The van der Waals surface area contributed by atoms with Gasteiger partial charge in [-0.05, 0) is 0 Å². The minimum absolute atomic E-state index is 0.239. The Kier molecular flexibility index (Phi) is 3.70. The molecular formula is C12H9NO2Se. The number of para-hydroxylation sites is 1. The van der Waals surface area contributed by atoms with Crippen molar-refractivity contribution in [3.8, 4) is 5.75 Å². The van der Waals surface area contributed by atoms with Crippen molar-refractivity contribution in [2.75, 3.05) is 0 Å². The molecule has 0 unspecified atom stereocenters. The van der Waals surface area contributed by atoms with Crippen molar-refractivity contribution in [2.24, 2.45) is 0 Å². The topological polar surface area (TPSA) is 39.2 Å². The summed E-state index contributed by atoms with van der Waals surface area (Å²) in [4.78, 5) is 15.4. The second kappa shape index (κ2) is 5.45. The van der Waals surface area contributed by atoms with Crippen LogP contribution >= 0.6 is 0 Å². The molecule has 0 aliphatic rings. The summed E-state index contributed by atoms with van der Waals surface area (Å²) in [5.41, 5.74) is 0. The normalized spacial score (nSPS) is 9.75. The third kappa shape index (κ3) is 3.19. The van der Waals surface area contributed by atoms with E-state index in [4.69, 9.17) is 4.74 Å². The summed E-state index contributed by atoms with van der Waals surface area (Å²) < 4.78 is 5.94. The van der Waals surface area contributed by atoms with E-state index in [2.05, 4.69) is 4.98 Å². The zero-order chi connectivity index (χ0) is 11.2. The summed E-state index contributed by atoms with van der Waals surface area (Å²) in [5.74, 6) is 0.574. The molecule has 16 heavy (non-hydrogen) atoms. The third-order valence-electron chi connectivity index (χ3n) is 1.77. The molecule has 1 aromatic carbocycles. The van der Waals surface area contributed by atoms with Crippen molar-refractivity contribution in [1.29, 1.82) is 0 Å². The average molecular weight is 278 g/mol. The van der Waals surface area contributed by atoms with Crippen molar-refractivity contribution in [1.82, 2.24) is 4.98 Å². The number of pyridine rings is 1. The van der Waals surface area contributed by atoms with Gasteiger partial charge in [0.05, 0.1) is 0 Å². The Bertz CT molecular complexity index is 415. The van der Waals surface area contributed by atoms with Crippen molar-refractivity contribution in [3.05, 3.63) is 54.7 Å². The van der Waals surface area contributed by atoms with E-state index in [1.54, 1.807) is 18.3 Å². The van der Waals surface area contributed by atoms with E-state index < -0.39 is 15.0 Å². The van der Waals surface area contributed by atoms with Gasteiger partial charge < -0.3 is 0 Å². The van der Waals surface area contributed by atoms with E-state index in [0.717, 1.165) is 4.59 Å². The molecule has 0 saturated heterocycles. The predicted molar refractivity (Wildman–Crippen MR) is 62.1 cm³/mol. The second-order valence-electron chi connectivity index (χ2n) is 2.94. The van der Waals surface area contributed by atoms with Crippen molar-refractivity contribution in [3.63, 3.8) is 0 Å². The van der Waals surface area contributed by atoms with Gasteiger partial charge in [-0.1, -0.05) is 0 Å². The first-order valence-electron chi connectivity index (χ1n) is 4.70. The van der Waals surface area contributed by atoms with Gasteiger partial charge >= 0.3 is 99.4 Å². The van der Waals surface area contributed by atoms with Crippen LogP contribution in [0.25, 0.3) is 0 Å². The molecule has 0 atom stereocenters. The first-order chi connectivity index (χ1) is 7.84. The van der Waals surface area contributed by atoms with E-state index in [1.807, 2.05) is 36.4 Å². The van der Waals surface area contributed by atoms with Crippen molar-refractivity contribution in [2.45, 2.75) is 0 Å². The molecule has 0 N–H and O–H groups in total. The van der Waals surface area contributed by atoms with Crippen LogP contribution in [-0.4, -0.2) is 24.8 Å². The van der Waals surface area contributed by atoms with Gasteiger partial charge in [0.2, 0.25) is 0 Å². The summed E-state index contributed by atoms with van der Waals surface area (Å²) in [6.45, 7) is 0. The van der Waals surface area contributed by atoms with Crippen LogP contribution in [0.15, 0.2) is 54.7 Å². The van der Waals surface area contributed by atoms with E-state index >= 15 is 0 Å². The third-order valence-corrected chi connectivity index (χ3v) is 3.24. The van der Waals surface area contributed by atoms with Crippen molar-refractivity contribution < 1.29 is 9.53 Å². The molecule has 0 fully saturated rings. The Balaban J connectivity index is 1.95. The summed E-state index contributed by atoms with van der Waals surface area (Å²) in [6, 6.07) is 14.6. The van der Waals surface area contributed by atoms with Crippen molar-refractivity contribution >= 4 is 24.4 Å². The summed E-state index contributed by atoms with van der Waals surface area (Å²) in [5, 5.41) is 0. The summed E-state index contributed by atoms with van der Waals surface area (Å²) in [6.07, 6.45) is 1.67. The molecule has 0 saturated carbocycles. The fourth-order valence-electron chi connectivity index (χ4n) is 1.10. The number of nitrogens with zero attached hydrogens (tertiary/aromatic N) is 1. The monoisotopic (exact) mass is 279 g/mol. The van der Waals surface area contributed by atoms with E-state index in [0.29, 0.717) is 5.75 Å². The van der Waals surface area contributed by atoms with Crippen LogP contribution in [0.4, 0.5) is 4.79 Å². The van der Waals surface area contributed by atoms with Crippen LogP contribution in [0.5, 0.6) is 5.75 Å². The molecule has 0 aliphatic heterocycles. The molecular weight excluding hydrogens is 269 g/mol. The van der Waals surface area contributed by atoms with Gasteiger partial charge in [0.25, 0.3) is 0 Å². The molecule has 80 valence electrons. The standard InChI is InChI=1S/C12H9NO2Se/c14-12(15-10-6-2-1-3-7-10)16-11-8-4-5-9-13-11/h1-9H. The van der Waals surface area contributed by atoms with Gasteiger partial charge in [-0.2, -0.15) is 0 Å². The number of carbonyl (C=O) groups is 1. The van der Waals surface area contributed by atoms with Crippen LogP contribution in [0.3, 0.4) is 0 Å². The Morgan fingerprint density at radius 2 is 1.81 bits per heavy atom. The molecule has 1 heterocycles. The number of carbonyl (C=O) groups excluding carboxylic acids is 1. The van der Waals surface area contributed by atoms with Crippen LogP contribution in [0.1, 0.15) is 0 Å². The van der Waals surface area contributed by atoms with Gasteiger partial charge in [-0.25, -0.2) is 0 Å². The molecule has 0 radical (unpaired) electrons. The first kappa shape index (κ1) is 10.9. The fourth-order valence-corrected chi connectivity index (χ4v) is 2.29. The predicted octanol–water partition coefficient (Wildman–Crippen LogP) is 1.61. The molecule has 2 rings (SSSR count). The quantitative estimate of drug-likeness (QED) is 0.801. The van der Waals surface area contributed by atoms with E-state index in [1.165, 1.54) is 0 Å². The van der Waals surface area contributed by atoms with Crippen LogP contribution in [0.2, 0.25) is 0 Å². The Hall–Kier alpha value is -1.64. The molecule has 1 aromatic heterocycles. The summed E-state index contributed by atoms with van der Waals surface area (Å²) in [7, 11) is 0. The Morgan fingerprint density at radius 3 is 2.50 bits per heavy atom. The van der Waals surface area contributed by atoms with Gasteiger partial charge in [-0.15, -0.1) is 0 Å². The number of ether oxygens (including phenoxy) is 1. The van der Waals surface area contributed by atoms with Crippen LogP contribution < -0.4 is 9.33 Å². The number of benzene rings is 1. The first-order valence-corrected chi connectivity index (χ1v) is 6.41. The molecule has 0 spiro atoms. The van der Waals surface area contributed by atoms with Crippen LogP contribution in [-0.2, 0) is 0 Å². The van der Waals surface area contributed by atoms with Gasteiger partial charge in [-0.3, -0.25) is 0 Å². The van der Waals surface area contributed by atoms with E-state index in [9.17, 15) is 4.79 Å². The molecule has 0 amide bonds. The molecule has 0 bridgehead atoms. The number of aromatic nitrogens is 1. The SMILES string of the molecule is O=C(Oc1ccccc1)[Se]c1ccccn1. The molecule has 0 aliphatic carbocycles. The fraction of sp³-hybridized carbons (Fsp3) is 0. The maximum absolute atomic E-state index is 11.5. The zero-order valence-corrected chi connectivity index (χ0v) is 10.1. The number of hydrogen-bond acceptors (Lipinski definition) is 3. The maximum atomic E-state index is 11.5. The van der Waals surface area contributed by atoms with Crippen LogP contribution in [0, 0.1) is 0 Å². The Labute approximate surface area is 99.6 Å². The van der Waals surface area contributed by atoms with Gasteiger partial charge in [0.15, 0.2) is 0 Å². The number of rotatable bonds is 3. The van der Waals surface area contributed by atoms with Gasteiger partial charge in [0.1, 0.15) is 0 Å². The zero-order valence-electron chi connectivity index (χ0n) is 8.37. The van der Waals surface area contributed by atoms with Gasteiger partial charge in [0, 0.05) is 0 Å². The van der Waals surface area contributed by atoms with E-state index in [-0.39, 0.29) is 4.87 Å². The average Bonchev–Trinajstić information content (AvgIpc) is 2.31. The minimum atomic E-state index is -0.392. The molecule has 2 aromatic rings.